The van der Waals surface area contributed by atoms with Gasteiger partial charge in [-0.2, -0.15) is 0 Å². The molecule has 0 amide bonds. The summed E-state index contributed by atoms with van der Waals surface area (Å²) in [6.45, 7) is 13.8. The van der Waals surface area contributed by atoms with Crippen molar-refractivity contribution in [1.82, 2.24) is 4.57 Å². The second kappa shape index (κ2) is 17.2. The lowest BCUT2D eigenvalue weighted by atomic mass is 9.33. The Hall–Kier alpha value is -9.12. The monoisotopic (exact) mass is 999 g/mol. The molecule has 3 aliphatic heterocycles. The molecule has 372 valence electrons. The average Bonchev–Trinajstić information content (AvgIpc) is 2.38. The van der Waals surface area contributed by atoms with E-state index < -0.39 is 0 Å². The summed E-state index contributed by atoms with van der Waals surface area (Å²) in [6.07, 6.45) is 0. The van der Waals surface area contributed by atoms with Crippen LogP contribution in [0.3, 0.4) is 0 Å². The highest BCUT2D eigenvalue weighted by molar-refractivity contribution is 7.00. The molecule has 15 rings (SSSR count). The summed E-state index contributed by atoms with van der Waals surface area (Å²) in [5.41, 5.74) is 29.4. The van der Waals surface area contributed by atoms with Crippen molar-refractivity contribution in [3.8, 4) is 61.3 Å². The van der Waals surface area contributed by atoms with Gasteiger partial charge < -0.3 is 14.4 Å². The van der Waals surface area contributed by atoms with Gasteiger partial charge in [0.2, 0.25) is 0 Å². The van der Waals surface area contributed by atoms with Crippen LogP contribution in [0.2, 0.25) is 0 Å². The lowest BCUT2D eigenvalue weighted by Gasteiger charge is -2.45. The van der Waals surface area contributed by atoms with Gasteiger partial charge in [-0.25, -0.2) is 0 Å². The summed E-state index contributed by atoms with van der Waals surface area (Å²) in [5, 5.41) is 2.57. The highest BCUT2D eigenvalue weighted by Crippen LogP contribution is 2.54. The van der Waals surface area contributed by atoms with Gasteiger partial charge in [-0.05, 0) is 162 Å². The van der Waals surface area contributed by atoms with Gasteiger partial charge in [-0.3, -0.25) is 0 Å². The number of fused-ring (bicyclic) bond motifs is 12. The molecule has 0 saturated carbocycles. The van der Waals surface area contributed by atoms with E-state index in [0.717, 1.165) is 11.4 Å². The fraction of sp³-hybridized carbons (Fsp3) is 0.108. The van der Waals surface area contributed by atoms with Crippen molar-refractivity contribution in [3.05, 3.63) is 254 Å². The normalized spacial score (nSPS) is 13.2. The Morgan fingerprint density at radius 2 is 0.808 bits per heavy atom. The SMILES string of the molecule is CC(C)(C)c1ccc2c(c1)c1cc(C(C)(C)C)ccc1n2-c1ccc2c(c1)N(c1ccc(-c3ccccc3)cc1)c1cccc3c1B2c1cc(-c2ccccc2)cc2c1N3c1ccc(-c3ccccc3)cc1-c1ccccc1-2. The van der Waals surface area contributed by atoms with Gasteiger partial charge in [0.05, 0.1) is 16.7 Å². The fourth-order valence-corrected chi connectivity index (χ4v) is 13.1. The van der Waals surface area contributed by atoms with E-state index in [2.05, 4.69) is 299 Å². The van der Waals surface area contributed by atoms with Crippen molar-refractivity contribution in [1.29, 1.82) is 0 Å². The maximum absolute atomic E-state index is 2.62. The minimum Gasteiger partial charge on any atom is -0.311 e. The average molecular weight is 1000 g/mol. The van der Waals surface area contributed by atoms with Crippen molar-refractivity contribution in [3.63, 3.8) is 0 Å². The summed E-state index contributed by atoms with van der Waals surface area (Å²) in [6, 6.07) is 91.7. The topological polar surface area (TPSA) is 11.4 Å². The quantitative estimate of drug-likeness (QED) is 0.159. The number of benzene rings is 11. The Labute approximate surface area is 458 Å². The smallest absolute Gasteiger partial charge is 0.252 e. The maximum atomic E-state index is 2.62. The number of aromatic nitrogens is 1. The van der Waals surface area contributed by atoms with Gasteiger partial charge >= 0.3 is 0 Å². The van der Waals surface area contributed by atoms with E-state index in [4.69, 9.17) is 0 Å². The molecule has 0 fully saturated rings. The van der Waals surface area contributed by atoms with Crippen LogP contribution < -0.4 is 26.2 Å². The van der Waals surface area contributed by atoms with Gasteiger partial charge in [0.1, 0.15) is 0 Å². The molecule has 0 aliphatic carbocycles. The molecule has 12 aromatic rings. The molecule has 0 unspecified atom stereocenters. The third kappa shape index (κ3) is 7.12. The Kier molecular flexibility index (Phi) is 10.2. The van der Waals surface area contributed by atoms with Gasteiger partial charge in [-0.15, -0.1) is 0 Å². The van der Waals surface area contributed by atoms with E-state index in [-0.39, 0.29) is 17.5 Å². The standard InChI is InChI=1S/C74H58BN3/c1-73(2,3)53-32-39-65-60(44-53)61-45-54(74(4,5)6)33-40-66(61)77(65)56-36-37-63-70(46-56)76(55-34-29-50(30-35-55)47-19-10-7-11-20-47)68-27-18-28-69-71(68)75(63)64-43-52(49-23-14-9-15-24-49)42-62-58-26-17-16-25-57(58)59-41-51(48-21-12-8-13-22-48)31-38-67(59)78(69)72(62)64/h7-46H,1-6H3. The van der Waals surface area contributed by atoms with Crippen LogP contribution in [0.1, 0.15) is 52.7 Å². The third-order valence-electron chi connectivity index (χ3n) is 17.0. The molecule has 0 radical (unpaired) electrons. The zero-order chi connectivity index (χ0) is 52.6. The number of hydrogen-bond acceptors (Lipinski definition) is 2. The second-order valence-corrected chi connectivity index (χ2v) is 23.7. The predicted molar refractivity (Wildman–Crippen MR) is 333 cm³/mol. The summed E-state index contributed by atoms with van der Waals surface area (Å²) >= 11 is 0. The molecule has 11 aromatic carbocycles. The molecule has 1 aromatic heterocycles. The molecule has 0 atom stereocenters. The molecule has 0 N–H and O–H groups in total. The van der Waals surface area contributed by atoms with Gasteiger partial charge in [0, 0.05) is 56.0 Å². The highest BCUT2D eigenvalue weighted by Gasteiger charge is 2.46. The first-order valence-corrected chi connectivity index (χ1v) is 27.6. The van der Waals surface area contributed by atoms with E-state index in [1.165, 1.54) is 133 Å². The molecule has 0 spiro atoms. The highest BCUT2D eigenvalue weighted by atomic mass is 15.2. The predicted octanol–water partition coefficient (Wildman–Crippen LogP) is 18.1. The minimum absolute atomic E-state index is 0.000263. The fourth-order valence-electron chi connectivity index (χ4n) is 13.1. The molecule has 3 aliphatic rings. The van der Waals surface area contributed by atoms with Crippen molar-refractivity contribution in [2.75, 3.05) is 9.80 Å². The van der Waals surface area contributed by atoms with Crippen LogP contribution >= 0.6 is 0 Å². The van der Waals surface area contributed by atoms with Gasteiger partial charge in [0.25, 0.3) is 6.71 Å². The van der Waals surface area contributed by atoms with Crippen LogP contribution in [0.4, 0.5) is 34.1 Å². The van der Waals surface area contributed by atoms with E-state index >= 15 is 0 Å². The first kappa shape index (κ1) is 46.2. The molecule has 78 heavy (non-hydrogen) atoms. The van der Waals surface area contributed by atoms with Crippen LogP contribution in [0, 0.1) is 0 Å². The van der Waals surface area contributed by atoms with E-state index in [1.807, 2.05) is 0 Å². The number of anilines is 6. The lowest BCUT2D eigenvalue weighted by molar-refractivity contribution is 0.590. The first-order valence-electron chi connectivity index (χ1n) is 27.6. The molecule has 4 heteroatoms. The molecule has 0 saturated heterocycles. The Morgan fingerprint density at radius 3 is 1.41 bits per heavy atom. The molecule has 0 bridgehead atoms. The number of hydrogen-bond donors (Lipinski definition) is 0. The van der Waals surface area contributed by atoms with Crippen molar-refractivity contribution < 1.29 is 0 Å². The van der Waals surface area contributed by atoms with Crippen molar-refractivity contribution in [2.45, 2.75) is 52.4 Å². The Balaban J connectivity index is 1.03. The summed E-state index contributed by atoms with van der Waals surface area (Å²) in [7, 11) is 0. The van der Waals surface area contributed by atoms with Crippen LogP contribution in [0.15, 0.2) is 243 Å². The third-order valence-corrected chi connectivity index (χ3v) is 17.0. The molecular formula is C74H58BN3. The van der Waals surface area contributed by atoms with Crippen molar-refractivity contribution >= 4 is 79.0 Å². The number of rotatable bonds is 5. The Morgan fingerprint density at radius 1 is 0.308 bits per heavy atom. The van der Waals surface area contributed by atoms with Crippen molar-refractivity contribution in [2.24, 2.45) is 0 Å². The number of nitrogens with zero attached hydrogens (tertiary/aromatic N) is 3. The summed E-state index contributed by atoms with van der Waals surface area (Å²) < 4.78 is 2.52. The van der Waals surface area contributed by atoms with Gasteiger partial charge in [0.15, 0.2) is 0 Å². The largest absolute Gasteiger partial charge is 0.311 e. The molecule has 4 heterocycles. The zero-order valence-corrected chi connectivity index (χ0v) is 45.0. The Bertz CT molecular complexity index is 4320. The maximum Gasteiger partial charge on any atom is 0.252 e. The molecular weight excluding hydrogens is 942 g/mol. The zero-order valence-electron chi connectivity index (χ0n) is 45.0. The second-order valence-electron chi connectivity index (χ2n) is 23.7. The van der Waals surface area contributed by atoms with Gasteiger partial charge in [-0.1, -0.05) is 205 Å². The van der Waals surface area contributed by atoms with Crippen LogP contribution in [-0.2, 0) is 10.8 Å². The van der Waals surface area contributed by atoms with Crippen LogP contribution in [0.25, 0.3) is 83.1 Å². The van der Waals surface area contributed by atoms with E-state index in [9.17, 15) is 0 Å². The molecule has 3 nitrogen and oxygen atoms in total. The minimum atomic E-state index is -0.0899. The van der Waals surface area contributed by atoms with Crippen LogP contribution in [0.5, 0.6) is 0 Å². The van der Waals surface area contributed by atoms with Crippen LogP contribution in [-0.4, -0.2) is 11.3 Å². The summed E-state index contributed by atoms with van der Waals surface area (Å²) in [5.74, 6) is 0. The first-order chi connectivity index (χ1) is 38.0. The lowest BCUT2D eigenvalue weighted by Crippen LogP contribution is -2.61. The summed E-state index contributed by atoms with van der Waals surface area (Å²) in [4.78, 5) is 5.18. The van der Waals surface area contributed by atoms with E-state index in [1.54, 1.807) is 0 Å². The van der Waals surface area contributed by atoms with E-state index in [0.29, 0.717) is 0 Å².